The van der Waals surface area contributed by atoms with Crippen LogP contribution >= 0.6 is 32.3 Å². The number of hydrogen-bond acceptors (Lipinski definition) is 3. The van der Waals surface area contributed by atoms with Gasteiger partial charge < -0.3 is 4.52 Å². The molecule has 0 unspecified atom stereocenters. The van der Waals surface area contributed by atoms with Gasteiger partial charge in [-0.15, -0.1) is 6.58 Å². The lowest BCUT2D eigenvalue weighted by Gasteiger charge is -2.03. The molecule has 3 nitrogen and oxygen atoms in total. The molecular weight excluding hydrogens is 186 g/mol. The molecule has 0 atom stereocenters. The minimum absolute atomic E-state index is 0.297. The molecule has 0 heterocycles. The van der Waals surface area contributed by atoms with Crippen molar-refractivity contribution < 1.29 is 12.7 Å². The Labute approximate surface area is 64.8 Å². The summed E-state index contributed by atoms with van der Waals surface area (Å²) < 4.78 is 13.0. The molecular formula is C3H5Cl2O3P. The van der Waals surface area contributed by atoms with E-state index in [1.165, 1.54) is 6.08 Å². The van der Waals surface area contributed by atoms with Gasteiger partial charge in [-0.2, -0.15) is 8.15 Å². The van der Waals surface area contributed by atoms with Gasteiger partial charge in [-0.1, -0.05) is 6.08 Å². The minimum Gasteiger partial charge on any atom is -0.306 e. The van der Waals surface area contributed by atoms with E-state index in [1.54, 1.807) is 0 Å². The monoisotopic (exact) mass is 190 g/mol. The van der Waals surface area contributed by atoms with Crippen LogP contribution in [-0.4, -0.2) is 6.61 Å². The third-order valence-corrected chi connectivity index (χ3v) is 1.67. The molecule has 0 saturated heterocycles. The van der Waals surface area contributed by atoms with E-state index in [-0.39, 0.29) is 0 Å². The van der Waals surface area contributed by atoms with E-state index >= 15 is 0 Å². The Morgan fingerprint density at radius 3 is 2.33 bits per heavy atom. The third kappa shape index (κ3) is 5.09. The largest absolute Gasteiger partial charge is 0.368 e. The zero-order chi connectivity index (χ0) is 7.11. The van der Waals surface area contributed by atoms with E-state index in [0.717, 1.165) is 0 Å². The Kier molecular flexibility index (Phi) is 7.22. The highest BCUT2D eigenvalue weighted by atomic mass is 35.5. The standard InChI is InChI=1S/C3H5Cl2O3P/c1-2-3-6-9(7-4)8-5/h2H,1,3H2. The SMILES string of the molecule is C=CCOP(OCl)OCl. The van der Waals surface area contributed by atoms with Gasteiger partial charge in [0.1, 0.15) is 0 Å². The van der Waals surface area contributed by atoms with Gasteiger partial charge in [0.15, 0.2) is 0 Å². The summed E-state index contributed by atoms with van der Waals surface area (Å²) in [4.78, 5) is 0. The maximum Gasteiger partial charge on any atom is 0.368 e. The van der Waals surface area contributed by atoms with Crippen molar-refractivity contribution in [3.05, 3.63) is 12.7 Å². The summed E-state index contributed by atoms with van der Waals surface area (Å²) >= 11 is 9.73. The fourth-order valence-corrected chi connectivity index (χ4v) is 0.987. The van der Waals surface area contributed by atoms with Crippen molar-refractivity contribution in [1.82, 2.24) is 0 Å². The molecule has 0 aromatic rings. The summed E-state index contributed by atoms with van der Waals surface area (Å²) in [7, 11) is -1.60. The van der Waals surface area contributed by atoms with Crippen LogP contribution in [0.25, 0.3) is 0 Å². The highest BCUT2D eigenvalue weighted by Crippen LogP contribution is 2.41. The van der Waals surface area contributed by atoms with Gasteiger partial charge in [0.05, 0.1) is 30.3 Å². The summed E-state index contributed by atoms with van der Waals surface area (Å²) in [5.74, 6) is 0. The molecule has 0 amide bonds. The van der Waals surface area contributed by atoms with Crippen LogP contribution in [0.4, 0.5) is 0 Å². The molecule has 0 saturated carbocycles. The molecule has 0 N–H and O–H groups in total. The second kappa shape index (κ2) is 6.75. The van der Waals surface area contributed by atoms with Crippen molar-refractivity contribution in [3.63, 3.8) is 0 Å². The molecule has 0 fully saturated rings. The molecule has 0 aliphatic carbocycles. The average molecular weight is 191 g/mol. The van der Waals surface area contributed by atoms with E-state index in [4.69, 9.17) is 28.3 Å². The van der Waals surface area contributed by atoms with E-state index in [2.05, 4.69) is 14.7 Å². The minimum atomic E-state index is -1.60. The lowest BCUT2D eigenvalue weighted by molar-refractivity contribution is 0.308. The Morgan fingerprint density at radius 2 is 2.00 bits per heavy atom. The molecule has 0 aromatic carbocycles. The van der Waals surface area contributed by atoms with Gasteiger partial charge in [0, 0.05) is 0 Å². The van der Waals surface area contributed by atoms with Gasteiger partial charge in [-0.3, -0.25) is 0 Å². The lowest BCUT2D eigenvalue weighted by Crippen LogP contribution is -1.83. The van der Waals surface area contributed by atoms with Crippen LogP contribution in [0.15, 0.2) is 12.7 Å². The summed E-state index contributed by atoms with van der Waals surface area (Å²) in [6.07, 6.45) is 1.53. The second-order valence-corrected chi connectivity index (χ2v) is 2.76. The van der Waals surface area contributed by atoms with Crippen LogP contribution in [0.5, 0.6) is 0 Å². The van der Waals surface area contributed by atoms with Crippen molar-refractivity contribution in [2.45, 2.75) is 0 Å². The molecule has 0 aliphatic rings. The molecule has 6 heteroatoms. The van der Waals surface area contributed by atoms with E-state index in [1.807, 2.05) is 0 Å². The topological polar surface area (TPSA) is 27.7 Å². The normalized spacial score (nSPS) is 10.1. The number of rotatable bonds is 5. The predicted octanol–water partition coefficient (Wildman–Crippen LogP) is 2.76. The molecule has 0 rings (SSSR count). The molecule has 9 heavy (non-hydrogen) atoms. The summed E-state index contributed by atoms with van der Waals surface area (Å²) in [5.41, 5.74) is 0. The van der Waals surface area contributed by atoms with E-state index in [9.17, 15) is 0 Å². The van der Waals surface area contributed by atoms with Crippen molar-refractivity contribution in [2.24, 2.45) is 0 Å². The Hall–Kier alpha value is 0.630. The third-order valence-electron chi connectivity index (χ3n) is 0.410. The Bertz CT molecular complexity index is 77.5. The maximum atomic E-state index is 4.86. The summed E-state index contributed by atoms with van der Waals surface area (Å²) in [6.45, 7) is 3.69. The first-order chi connectivity index (χ1) is 4.35. The van der Waals surface area contributed by atoms with E-state index < -0.39 is 8.60 Å². The molecule has 0 aliphatic heterocycles. The van der Waals surface area contributed by atoms with Gasteiger partial charge in [-0.05, 0) is 0 Å². The fraction of sp³-hybridized carbons (Fsp3) is 0.333. The second-order valence-electron chi connectivity index (χ2n) is 0.946. The first-order valence-electron chi connectivity index (χ1n) is 1.96. The Morgan fingerprint density at radius 1 is 1.44 bits per heavy atom. The fourth-order valence-electron chi connectivity index (χ4n) is 0.164. The van der Waals surface area contributed by atoms with Crippen molar-refractivity contribution in [1.29, 1.82) is 0 Å². The number of hydrogen-bond donors (Lipinski definition) is 0. The predicted molar refractivity (Wildman–Crippen MR) is 36.9 cm³/mol. The molecule has 0 bridgehead atoms. The van der Waals surface area contributed by atoms with Gasteiger partial charge >= 0.3 is 8.60 Å². The zero-order valence-corrected chi connectivity index (χ0v) is 6.83. The molecule has 0 radical (unpaired) electrons. The van der Waals surface area contributed by atoms with Crippen LogP contribution in [0.2, 0.25) is 0 Å². The molecule has 0 aromatic heterocycles. The van der Waals surface area contributed by atoms with Crippen LogP contribution < -0.4 is 0 Å². The quantitative estimate of drug-likeness (QED) is 0.493. The van der Waals surface area contributed by atoms with E-state index in [0.29, 0.717) is 6.61 Å². The molecule has 54 valence electrons. The van der Waals surface area contributed by atoms with Crippen LogP contribution in [0.1, 0.15) is 0 Å². The zero-order valence-electron chi connectivity index (χ0n) is 4.42. The van der Waals surface area contributed by atoms with Crippen molar-refractivity contribution in [3.8, 4) is 0 Å². The highest BCUT2D eigenvalue weighted by Gasteiger charge is 2.08. The average Bonchev–Trinajstić information content (AvgIpc) is 1.91. The van der Waals surface area contributed by atoms with Crippen LogP contribution in [0.3, 0.4) is 0 Å². The summed E-state index contributed by atoms with van der Waals surface area (Å²) in [6, 6.07) is 0. The van der Waals surface area contributed by atoms with Gasteiger partial charge in [-0.25, -0.2) is 0 Å². The van der Waals surface area contributed by atoms with Crippen molar-refractivity contribution in [2.75, 3.05) is 6.61 Å². The maximum absolute atomic E-state index is 4.86. The first-order valence-corrected chi connectivity index (χ1v) is 3.67. The first kappa shape index (κ1) is 9.63. The van der Waals surface area contributed by atoms with Gasteiger partial charge in [0.2, 0.25) is 0 Å². The van der Waals surface area contributed by atoms with Crippen LogP contribution in [-0.2, 0) is 12.7 Å². The Balaban J connectivity index is 3.19. The smallest absolute Gasteiger partial charge is 0.306 e. The lowest BCUT2D eigenvalue weighted by atomic mass is 10.7. The van der Waals surface area contributed by atoms with Gasteiger partial charge in [0.25, 0.3) is 0 Å². The van der Waals surface area contributed by atoms with Crippen LogP contribution in [0, 0.1) is 0 Å². The highest BCUT2D eigenvalue weighted by molar-refractivity contribution is 7.43. The number of halogens is 2. The van der Waals surface area contributed by atoms with Crippen molar-refractivity contribution >= 4 is 32.3 Å². The molecule has 0 spiro atoms. The summed E-state index contributed by atoms with van der Waals surface area (Å²) in [5, 5.41) is 0.